The van der Waals surface area contributed by atoms with Gasteiger partial charge >= 0.3 is 5.97 Å². The van der Waals surface area contributed by atoms with Crippen LogP contribution < -0.4 is 0 Å². The van der Waals surface area contributed by atoms with Crippen LogP contribution in [0.3, 0.4) is 0 Å². The fourth-order valence-electron chi connectivity index (χ4n) is 1.78. The summed E-state index contributed by atoms with van der Waals surface area (Å²) in [5.74, 6) is 0.605. The number of carbonyl (C=O) groups excluding carboxylic acids is 1. The second kappa shape index (κ2) is 7.00. The highest BCUT2D eigenvalue weighted by atomic mass is 32.2. The Morgan fingerprint density at radius 2 is 1.58 bits per heavy atom. The second-order valence-electron chi connectivity index (χ2n) is 4.17. The van der Waals surface area contributed by atoms with E-state index >= 15 is 0 Å². The molecule has 0 radical (unpaired) electrons. The van der Waals surface area contributed by atoms with Crippen LogP contribution in [0.5, 0.6) is 0 Å². The molecule has 0 amide bonds. The van der Waals surface area contributed by atoms with Crippen molar-refractivity contribution >= 4 is 17.1 Å². The van der Waals surface area contributed by atoms with Crippen molar-refractivity contribution < 1.29 is 8.98 Å². The third-order valence-electron chi connectivity index (χ3n) is 2.64. The van der Waals surface area contributed by atoms with Crippen molar-refractivity contribution in [1.29, 1.82) is 0 Å². The molecular formula is C16H17O2S+. The average molecular weight is 273 g/mol. The summed E-state index contributed by atoms with van der Waals surface area (Å²) >= 11 is -0.468. The largest absolute Gasteiger partial charge is 0.361 e. The molecule has 0 aliphatic carbocycles. The van der Waals surface area contributed by atoms with Gasteiger partial charge in [-0.2, -0.15) is 0 Å². The zero-order chi connectivity index (χ0) is 13.5. The number of aryl methyl sites for hydroxylation is 1. The van der Waals surface area contributed by atoms with E-state index in [9.17, 15) is 4.79 Å². The molecule has 0 saturated heterocycles. The fraction of sp³-hybridized carbons (Fsp3) is 0.188. The van der Waals surface area contributed by atoms with E-state index in [0.29, 0.717) is 0 Å². The lowest BCUT2D eigenvalue weighted by Crippen LogP contribution is -2.16. The maximum absolute atomic E-state index is 11.2. The van der Waals surface area contributed by atoms with Gasteiger partial charge in [0.1, 0.15) is 0 Å². The van der Waals surface area contributed by atoms with Gasteiger partial charge in [0.2, 0.25) is 16.1 Å². The van der Waals surface area contributed by atoms with Gasteiger partial charge in [0, 0.05) is 13.3 Å². The molecule has 0 aliphatic heterocycles. The normalized spacial score (nSPS) is 11.8. The van der Waals surface area contributed by atoms with Crippen LogP contribution in [0.25, 0.3) is 0 Å². The first-order chi connectivity index (χ1) is 9.25. The molecule has 19 heavy (non-hydrogen) atoms. The molecule has 0 aromatic heterocycles. The monoisotopic (exact) mass is 273 g/mol. The van der Waals surface area contributed by atoms with E-state index in [0.717, 1.165) is 17.1 Å². The van der Waals surface area contributed by atoms with E-state index in [1.807, 2.05) is 48.5 Å². The predicted octanol–water partition coefficient (Wildman–Crippen LogP) is 3.38. The second-order valence-corrected chi connectivity index (χ2v) is 5.91. The molecule has 1 atom stereocenters. The number of carbonyl (C=O) groups is 1. The zero-order valence-corrected chi connectivity index (χ0v) is 11.7. The SMILES string of the molecule is CC(=O)O[S+](CCc1ccccc1)c1ccccc1. The molecule has 98 valence electrons. The summed E-state index contributed by atoms with van der Waals surface area (Å²) in [5, 5.41) is 0. The summed E-state index contributed by atoms with van der Waals surface area (Å²) in [4.78, 5) is 12.3. The molecule has 0 fully saturated rings. The van der Waals surface area contributed by atoms with Crippen LogP contribution in [0, 0.1) is 0 Å². The summed E-state index contributed by atoms with van der Waals surface area (Å²) in [6.07, 6.45) is 0.909. The van der Waals surface area contributed by atoms with Crippen molar-refractivity contribution in [2.75, 3.05) is 5.75 Å². The van der Waals surface area contributed by atoms with E-state index in [2.05, 4.69) is 12.1 Å². The zero-order valence-electron chi connectivity index (χ0n) is 10.9. The Labute approximate surface area is 117 Å². The summed E-state index contributed by atoms with van der Waals surface area (Å²) < 4.78 is 5.45. The molecule has 0 saturated carbocycles. The van der Waals surface area contributed by atoms with Gasteiger partial charge in [-0.25, -0.2) is 8.98 Å². The molecule has 0 bridgehead atoms. The third-order valence-corrected chi connectivity index (χ3v) is 4.45. The number of rotatable bonds is 5. The van der Waals surface area contributed by atoms with E-state index in [1.165, 1.54) is 12.5 Å². The Morgan fingerprint density at radius 3 is 2.16 bits per heavy atom. The maximum Gasteiger partial charge on any atom is 0.361 e. The molecule has 2 nitrogen and oxygen atoms in total. The van der Waals surface area contributed by atoms with Crippen molar-refractivity contribution in [3.63, 3.8) is 0 Å². The lowest BCUT2D eigenvalue weighted by molar-refractivity contribution is -0.130. The van der Waals surface area contributed by atoms with Gasteiger partial charge in [-0.05, 0) is 17.7 Å². The van der Waals surface area contributed by atoms with E-state index in [4.69, 9.17) is 4.18 Å². The Morgan fingerprint density at radius 1 is 1.00 bits per heavy atom. The van der Waals surface area contributed by atoms with Crippen molar-refractivity contribution in [2.45, 2.75) is 18.2 Å². The maximum atomic E-state index is 11.2. The Balaban J connectivity index is 2.04. The molecule has 0 aliphatic rings. The minimum Gasteiger partial charge on any atom is -0.247 e. The summed E-state index contributed by atoms with van der Waals surface area (Å²) in [6, 6.07) is 20.2. The van der Waals surface area contributed by atoms with Gasteiger partial charge in [0.05, 0.1) is 0 Å². The van der Waals surface area contributed by atoms with Crippen LogP contribution in [-0.2, 0) is 26.6 Å². The summed E-state index contributed by atoms with van der Waals surface area (Å²) in [5.41, 5.74) is 1.27. The predicted molar refractivity (Wildman–Crippen MR) is 78.9 cm³/mol. The first-order valence-corrected chi connectivity index (χ1v) is 7.56. The minimum atomic E-state index is -0.468. The third kappa shape index (κ3) is 4.45. The standard InChI is InChI=1S/C16H17O2S/c1-14(17)18-19(16-10-6-3-7-11-16)13-12-15-8-4-2-5-9-15/h2-11H,12-13H2,1H3/q+1. The van der Waals surface area contributed by atoms with Crippen molar-refractivity contribution in [3.8, 4) is 0 Å². The number of hydrogen-bond donors (Lipinski definition) is 0. The van der Waals surface area contributed by atoms with E-state index < -0.39 is 11.2 Å². The van der Waals surface area contributed by atoms with E-state index in [-0.39, 0.29) is 5.97 Å². The molecule has 0 N–H and O–H groups in total. The van der Waals surface area contributed by atoms with Crippen molar-refractivity contribution in [1.82, 2.24) is 0 Å². The van der Waals surface area contributed by atoms with Crippen molar-refractivity contribution in [3.05, 3.63) is 66.2 Å². The van der Waals surface area contributed by atoms with Crippen molar-refractivity contribution in [2.24, 2.45) is 0 Å². The average Bonchev–Trinajstić information content (AvgIpc) is 2.45. The van der Waals surface area contributed by atoms with E-state index in [1.54, 1.807) is 0 Å². The first kappa shape index (κ1) is 13.7. The molecular weight excluding hydrogens is 256 g/mol. The Bertz CT molecular complexity index is 511. The lowest BCUT2D eigenvalue weighted by atomic mass is 10.2. The first-order valence-electron chi connectivity index (χ1n) is 6.24. The van der Waals surface area contributed by atoms with Gasteiger partial charge < -0.3 is 0 Å². The highest BCUT2D eigenvalue weighted by Gasteiger charge is 2.26. The van der Waals surface area contributed by atoms with Gasteiger partial charge in [-0.15, -0.1) is 0 Å². The molecule has 0 heterocycles. The number of hydrogen-bond acceptors (Lipinski definition) is 2. The highest BCUT2D eigenvalue weighted by molar-refractivity contribution is 7.92. The van der Waals surface area contributed by atoms with Crippen LogP contribution in [0.2, 0.25) is 0 Å². The van der Waals surface area contributed by atoms with Crippen LogP contribution in [0.1, 0.15) is 12.5 Å². The topological polar surface area (TPSA) is 26.3 Å². The Hall–Kier alpha value is -1.74. The quantitative estimate of drug-likeness (QED) is 0.781. The van der Waals surface area contributed by atoms with Gasteiger partial charge in [-0.1, -0.05) is 48.5 Å². The molecule has 3 heteroatoms. The van der Waals surface area contributed by atoms with Gasteiger partial charge in [0.25, 0.3) is 0 Å². The molecule has 0 spiro atoms. The van der Waals surface area contributed by atoms with Crippen LogP contribution in [0.4, 0.5) is 0 Å². The molecule has 2 aromatic rings. The summed E-state index contributed by atoms with van der Waals surface area (Å²) in [7, 11) is 0. The lowest BCUT2D eigenvalue weighted by Gasteiger charge is -2.05. The fourth-order valence-corrected chi connectivity index (χ4v) is 3.36. The van der Waals surface area contributed by atoms with Crippen LogP contribution >= 0.6 is 0 Å². The van der Waals surface area contributed by atoms with Gasteiger partial charge in [0.15, 0.2) is 5.75 Å². The molecule has 2 aromatic carbocycles. The number of benzene rings is 2. The van der Waals surface area contributed by atoms with Gasteiger partial charge in [-0.3, -0.25) is 0 Å². The highest BCUT2D eigenvalue weighted by Crippen LogP contribution is 2.17. The summed E-state index contributed by atoms with van der Waals surface area (Å²) in [6.45, 7) is 1.46. The molecule has 1 unspecified atom stereocenters. The smallest absolute Gasteiger partial charge is 0.247 e. The Kier molecular flexibility index (Phi) is 5.04. The van der Waals surface area contributed by atoms with Crippen LogP contribution in [-0.4, -0.2) is 11.7 Å². The van der Waals surface area contributed by atoms with Crippen LogP contribution in [0.15, 0.2) is 65.6 Å². The minimum absolute atomic E-state index is 0.222. The molecule has 2 rings (SSSR count).